The molecule has 0 aliphatic carbocycles. The molecule has 8 aromatic carbocycles. The van der Waals surface area contributed by atoms with Crippen molar-refractivity contribution in [2.75, 3.05) is 0 Å². The Labute approximate surface area is 414 Å². The predicted octanol–water partition coefficient (Wildman–Crippen LogP) is 21.2. The molecule has 14 rings (SSSR count). The summed E-state index contributed by atoms with van der Waals surface area (Å²) >= 11 is 9.64. The standard InChI is InChI=1S/C62H45NS5/c1-2-3-4-5-6-11-32-63-51-33-37(16-17-39-22-26-49-55(35-39)67-59-47-12-7-9-14-52(47)64-61(49)59)20-24-41(51)43-28-31-46-44(57(43)63)29-30-45-42-25-21-38(34-54(42)66-58(45)46)18-19-40-23-27-50-56(36-40)68-60-48-13-8-10-15-53(48)65-62(50)60/h7-10,12-31,33-36H,2-6,11,32H2,1H3/b17-16+,19-18+. The van der Waals surface area contributed by atoms with Crippen molar-refractivity contribution in [2.24, 2.45) is 0 Å². The topological polar surface area (TPSA) is 4.93 Å². The third-order valence-corrected chi connectivity index (χ3v) is 20.4. The van der Waals surface area contributed by atoms with E-state index < -0.39 is 0 Å². The molecule has 0 amide bonds. The van der Waals surface area contributed by atoms with Crippen LogP contribution >= 0.6 is 56.7 Å². The number of hydrogen-bond acceptors (Lipinski definition) is 5. The zero-order valence-electron chi connectivity index (χ0n) is 37.6. The van der Waals surface area contributed by atoms with E-state index in [9.17, 15) is 0 Å². The van der Waals surface area contributed by atoms with Gasteiger partial charge in [0.15, 0.2) is 0 Å². The molecule has 0 spiro atoms. The van der Waals surface area contributed by atoms with Gasteiger partial charge in [-0.2, -0.15) is 0 Å². The number of unbranched alkanes of at least 4 members (excludes halogenated alkanes) is 5. The van der Waals surface area contributed by atoms with Crippen molar-refractivity contribution >= 4 is 193 Å². The number of aromatic nitrogens is 1. The molecule has 0 saturated heterocycles. The molecule has 0 aliphatic rings. The average Bonchev–Trinajstić information content (AvgIpc) is 4.22. The van der Waals surface area contributed by atoms with Gasteiger partial charge in [-0.05, 0) is 65.1 Å². The van der Waals surface area contributed by atoms with Crippen LogP contribution in [0.25, 0.3) is 136 Å². The van der Waals surface area contributed by atoms with Gasteiger partial charge in [-0.25, -0.2) is 0 Å². The first kappa shape index (κ1) is 40.9. The molecule has 328 valence electrons. The van der Waals surface area contributed by atoms with Crippen molar-refractivity contribution in [1.29, 1.82) is 0 Å². The van der Waals surface area contributed by atoms with E-state index in [0.29, 0.717) is 0 Å². The first-order valence-corrected chi connectivity index (χ1v) is 28.1. The van der Waals surface area contributed by atoms with Gasteiger partial charge >= 0.3 is 0 Å². The molecular weight excluding hydrogens is 919 g/mol. The Balaban J connectivity index is 0.811. The summed E-state index contributed by atoms with van der Waals surface area (Å²) in [5.41, 5.74) is 7.68. The summed E-state index contributed by atoms with van der Waals surface area (Å²) in [6, 6.07) is 55.3. The highest BCUT2D eigenvalue weighted by Crippen LogP contribution is 2.47. The number of nitrogens with zero attached hydrogens (tertiary/aromatic N) is 1. The zero-order valence-corrected chi connectivity index (χ0v) is 41.7. The highest BCUT2D eigenvalue weighted by Gasteiger charge is 2.18. The van der Waals surface area contributed by atoms with Crippen LogP contribution in [0.1, 0.15) is 67.7 Å². The lowest BCUT2D eigenvalue weighted by atomic mass is 10.0. The SMILES string of the molecule is CCCCCCCCn1c2cc(/C=C/c3ccc4c(c3)sc3c5ccccc5sc43)ccc2c2ccc3c(ccc4c5ccc(/C=C/c6ccc7c(c6)sc6c8ccccc8sc76)cc5sc43)c21. The quantitative estimate of drug-likeness (QED) is 0.0899. The molecule has 0 fully saturated rings. The third kappa shape index (κ3) is 6.71. The summed E-state index contributed by atoms with van der Waals surface area (Å²) in [7, 11) is 0. The van der Waals surface area contributed by atoms with Crippen molar-refractivity contribution < 1.29 is 0 Å². The predicted molar refractivity (Wildman–Crippen MR) is 310 cm³/mol. The van der Waals surface area contributed by atoms with E-state index in [0.717, 1.165) is 6.54 Å². The average molecular weight is 964 g/mol. The fourth-order valence-corrected chi connectivity index (χ4v) is 17.5. The Morgan fingerprint density at radius 3 is 1.32 bits per heavy atom. The van der Waals surface area contributed by atoms with E-state index in [1.54, 1.807) is 0 Å². The summed E-state index contributed by atoms with van der Waals surface area (Å²) < 4.78 is 16.5. The fourth-order valence-electron chi connectivity index (χ4n) is 10.8. The molecule has 0 radical (unpaired) electrons. The summed E-state index contributed by atoms with van der Waals surface area (Å²) in [5, 5.41) is 13.6. The molecule has 6 aromatic heterocycles. The summed E-state index contributed by atoms with van der Waals surface area (Å²) in [6.07, 6.45) is 16.9. The maximum absolute atomic E-state index is 2.67. The molecule has 1 nitrogen and oxygen atoms in total. The van der Waals surface area contributed by atoms with Crippen LogP contribution in [0.3, 0.4) is 0 Å². The number of rotatable bonds is 11. The maximum Gasteiger partial charge on any atom is 0.0571 e. The molecule has 0 unspecified atom stereocenters. The van der Waals surface area contributed by atoms with Gasteiger partial charge in [0.25, 0.3) is 0 Å². The molecule has 6 heteroatoms. The first-order chi connectivity index (χ1) is 33.6. The van der Waals surface area contributed by atoms with Gasteiger partial charge in [-0.1, -0.05) is 173 Å². The van der Waals surface area contributed by atoms with E-state index in [1.165, 1.54) is 173 Å². The van der Waals surface area contributed by atoms with Crippen LogP contribution in [0.5, 0.6) is 0 Å². The van der Waals surface area contributed by atoms with Gasteiger partial charge in [0.2, 0.25) is 0 Å². The molecule has 0 aliphatic heterocycles. The number of fused-ring (bicyclic) bond motifs is 19. The van der Waals surface area contributed by atoms with Crippen LogP contribution in [-0.2, 0) is 6.54 Å². The molecule has 0 atom stereocenters. The molecule has 68 heavy (non-hydrogen) atoms. The van der Waals surface area contributed by atoms with Gasteiger partial charge in [-0.15, -0.1) is 56.7 Å². The molecule has 0 N–H and O–H groups in total. The Morgan fingerprint density at radius 1 is 0.338 bits per heavy atom. The highest BCUT2D eigenvalue weighted by atomic mass is 32.1. The Morgan fingerprint density at radius 2 is 0.735 bits per heavy atom. The van der Waals surface area contributed by atoms with E-state index in [1.807, 2.05) is 56.7 Å². The zero-order chi connectivity index (χ0) is 44.9. The lowest BCUT2D eigenvalue weighted by Gasteiger charge is -2.11. The number of benzene rings is 8. The van der Waals surface area contributed by atoms with Crippen molar-refractivity contribution in [2.45, 2.75) is 52.0 Å². The van der Waals surface area contributed by atoms with Crippen LogP contribution in [0, 0.1) is 0 Å². The smallest absolute Gasteiger partial charge is 0.0571 e. The Hall–Kier alpha value is -6.12. The van der Waals surface area contributed by atoms with E-state index >= 15 is 0 Å². The second-order valence-electron chi connectivity index (χ2n) is 18.4. The molecule has 14 aromatic rings. The number of hydrogen-bond donors (Lipinski definition) is 0. The molecule has 0 bridgehead atoms. The highest BCUT2D eigenvalue weighted by molar-refractivity contribution is 7.37. The van der Waals surface area contributed by atoms with Crippen LogP contribution in [-0.4, -0.2) is 4.57 Å². The lowest BCUT2D eigenvalue weighted by molar-refractivity contribution is 0.571. The Bertz CT molecular complexity index is 4380. The van der Waals surface area contributed by atoms with Gasteiger partial charge in [0.05, 0.1) is 24.3 Å². The number of thiophene rings is 5. The van der Waals surface area contributed by atoms with Crippen LogP contribution < -0.4 is 0 Å². The third-order valence-electron chi connectivity index (χ3n) is 14.2. The molecular formula is C62H45NS5. The minimum atomic E-state index is 1.02. The van der Waals surface area contributed by atoms with E-state index in [4.69, 9.17) is 0 Å². The largest absolute Gasteiger partial charge is 0.340 e. The minimum Gasteiger partial charge on any atom is -0.340 e. The van der Waals surface area contributed by atoms with Crippen LogP contribution in [0.4, 0.5) is 0 Å². The Kier molecular flexibility index (Phi) is 9.95. The van der Waals surface area contributed by atoms with Crippen LogP contribution in [0.2, 0.25) is 0 Å². The normalized spacial score (nSPS) is 12.8. The van der Waals surface area contributed by atoms with Crippen molar-refractivity contribution in [3.8, 4) is 0 Å². The lowest BCUT2D eigenvalue weighted by Crippen LogP contribution is -1.98. The van der Waals surface area contributed by atoms with Gasteiger partial charge in [-0.3, -0.25) is 0 Å². The minimum absolute atomic E-state index is 1.02. The number of aryl methyl sites for hydroxylation is 1. The van der Waals surface area contributed by atoms with E-state index in [2.05, 4.69) is 181 Å². The van der Waals surface area contributed by atoms with Crippen molar-refractivity contribution in [3.05, 3.63) is 168 Å². The molecule has 0 saturated carbocycles. The van der Waals surface area contributed by atoms with Crippen molar-refractivity contribution in [3.63, 3.8) is 0 Å². The summed E-state index contributed by atoms with van der Waals surface area (Å²) in [5.74, 6) is 0. The summed E-state index contributed by atoms with van der Waals surface area (Å²) in [6.45, 7) is 3.33. The van der Waals surface area contributed by atoms with Gasteiger partial charge < -0.3 is 4.57 Å². The maximum atomic E-state index is 2.67. The van der Waals surface area contributed by atoms with Gasteiger partial charge in [0, 0.05) is 94.1 Å². The summed E-state index contributed by atoms with van der Waals surface area (Å²) in [4.78, 5) is 0. The van der Waals surface area contributed by atoms with Crippen LogP contribution in [0.15, 0.2) is 146 Å². The monoisotopic (exact) mass is 963 g/mol. The second-order valence-corrected chi connectivity index (χ2v) is 23.7. The van der Waals surface area contributed by atoms with Crippen molar-refractivity contribution in [1.82, 2.24) is 4.57 Å². The second kappa shape index (κ2) is 16.5. The first-order valence-electron chi connectivity index (χ1n) is 24.0. The van der Waals surface area contributed by atoms with E-state index in [-0.39, 0.29) is 0 Å². The fraction of sp³-hybridized carbons (Fsp3) is 0.129. The van der Waals surface area contributed by atoms with Gasteiger partial charge in [0.1, 0.15) is 0 Å². The molecule has 6 heterocycles.